The molecular weight excluding hydrogens is 526 g/mol. The van der Waals surface area contributed by atoms with E-state index in [4.69, 9.17) is 16.7 Å². The Morgan fingerprint density at radius 2 is 1.90 bits per heavy atom. The molecule has 2 atom stereocenters. The maximum atomic E-state index is 11.8. The number of carbonyl (C=O) groups excluding carboxylic acids is 2. The van der Waals surface area contributed by atoms with Crippen LogP contribution < -0.4 is 10.2 Å². The summed E-state index contributed by atoms with van der Waals surface area (Å²) in [5.74, 6) is 1.35. The van der Waals surface area contributed by atoms with E-state index in [1.54, 1.807) is 12.3 Å². The van der Waals surface area contributed by atoms with E-state index >= 15 is 0 Å². The number of piperidine rings is 1. The summed E-state index contributed by atoms with van der Waals surface area (Å²) in [6, 6.07) is 5.97. The quantitative estimate of drug-likeness (QED) is 0.230. The van der Waals surface area contributed by atoms with Gasteiger partial charge in [0.25, 0.3) is 5.91 Å². The van der Waals surface area contributed by atoms with Crippen molar-refractivity contribution >= 4 is 29.7 Å². The highest BCUT2D eigenvalue weighted by Gasteiger charge is 2.20. The van der Waals surface area contributed by atoms with Crippen LogP contribution in [-0.4, -0.2) is 71.6 Å². The van der Waals surface area contributed by atoms with Crippen molar-refractivity contribution in [2.24, 2.45) is 5.92 Å². The summed E-state index contributed by atoms with van der Waals surface area (Å²) in [5, 5.41) is 10.4. The van der Waals surface area contributed by atoms with Crippen LogP contribution in [0, 0.1) is 5.92 Å². The SMILES string of the molecule is CCCCCC(CC)N(C=O)CC.CCNC(=O)c1ccc(-c2cnc(N3CCCC(C)C3)c(Cl)c2)cn1.CO. The van der Waals surface area contributed by atoms with Gasteiger partial charge in [-0.05, 0) is 57.6 Å². The predicted octanol–water partition coefficient (Wildman–Crippen LogP) is 6.22. The van der Waals surface area contributed by atoms with Crippen LogP contribution in [0.15, 0.2) is 30.6 Å². The van der Waals surface area contributed by atoms with Gasteiger partial charge in [0.15, 0.2) is 0 Å². The summed E-state index contributed by atoms with van der Waals surface area (Å²) >= 11 is 6.49. The van der Waals surface area contributed by atoms with Crippen LogP contribution in [0.5, 0.6) is 0 Å². The van der Waals surface area contributed by atoms with Gasteiger partial charge in [0.05, 0.1) is 5.02 Å². The molecular formula is C31H50ClN5O3. The van der Waals surface area contributed by atoms with Crippen LogP contribution in [-0.2, 0) is 4.79 Å². The second kappa shape index (κ2) is 20.2. The molecule has 2 unspecified atom stereocenters. The normalized spacial score (nSPS) is 15.1. The Balaban J connectivity index is 0.000000454. The van der Waals surface area contributed by atoms with Gasteiger partial charge in [-0.25, -0.2) is 4.98 Å². The maximum Gasteiger partial charge on any atom is 0.269 e. The van der Waals surface area contributed by atoms with E-state index in [-0.39, 0.29) is 5.91 Å². The lowest BCUT2D eigenvalue weighted by Crippen LogP contribution is -2.34. The van der Waals surface area contributed by atoms with Crippen molar-refractivity contribution in [3.8, 4) is 11.1 Å². The molecule has 0 saturated carbocycles. The van der Waals surface area contributed by atoms with E-state index in [0.717, 1.165) is 62.9 Å². The van der Waals surface area contributed by atoms with Gasteiger partial charge in [-0.15, -0.1) is 0 Å². The minimum atomic E-state index is -0.167. The number of hydrogen-bond acceptors (Lipinski definition) is 6. The smallest absolute Gasteiger partial charge is 0.269 e. The molecule has 40 heavy (non-hydrogen) atoms. The number of halogens is 1. The Morgan fingerprint density at radius 3 is 2.42 bits per heavy atom. The Kier molecular flexibility index (Phi) is 17.8. The van der Waals surface area contributed by atoms with Gasteiger partial charge >= 0.3 is 0 Å². The third kappa shape index (κ3) is 11.4. The van der Waals surface area contributed by atoms with Crippen LogP contribution in [0.25, 0.3) is 11.1 Å². The lowest BCUT2D eigenvalue weighted by Gasteiger charge is -2.32. The zero-order chi connectivity index (χ0) is 29.9. The number of rotatable bonds is 12. The molecule has 9 heteroatoms. The van der Waals surface area contributed by atoms with E-state index in [1.807, 2.05) is 37.1 Å². The van der Waals surface area contributed by atoms with Crippen molar-refractivity contribution in [3.05, 3.63) is 41.3 Å². The molecule has 0 aliphatic carbocycles. The minimum absolute atomic E-state index is 0.167. The van der Waals surface area contributed by atoms with E-state index in [9.17, 15) is 9.59 Å². The Labute approximate surface area is 246 Å². The Bertz CT molecular complexity index is 989. The van der Waals surface area contributed by atoms with E-state index in [0.29, 0.717) is 29.2 Å². The van der Waals surface area contributed by atoms with E-state index in [1.165, 1.54) is 32.1 Å². The molecule has 2 N–H and O–H groups in total. The van der Waals surface area contributed by atoms with Gasteiger partial charge in [0.1, 0.15) is 11.5 Å². The molecule has 1 saturated heterocycles. The third-order valence-corrected chi connectivity index (χ3v) is 7.30. The second-order valence-electron chi connectivity index (χ2n) is 10.0. The van der Waals surface area contributed by atoms with Gasteiger partial charge in [0, 0.05) is 62.9 Å². The summed E-state index contributed by atoms with van der Waals surface area (Å²) in [4.78, 5) is 35.5. The molecule has 224 valence electrons. The largest absolute Gasteiger partial charge is 0.400 e. The predicted molar refractivity (Wildman–Crippen MR) is 166 cm³/mol. The highest BCUT2D eigenvalue weighted by molar-refractivity contribution is 6.33. The monoisotopic (exact) mass is 575 g/mol. The molecule has 2 amide bonds. The van der Waals surface area contributed by atoms with Crippen molar-refractivity contribution < 1.29 is 14.7 Å². The van der Waals surface area contributed by atoms with Crippen LogP contribution in [0.2, 0.25) is 5.02 Å². The lowest BCUT2D eigenvalue weighted by molar-refractivity contribution is -0.120. The summed E-state index contributed by atoms with van der Waals surface area (Å²) in [7, 11) is 1.00. The van der Waals surface area contributed by atoms with Crippen LogP contribution >= 0.6 is 11.6 Å². The first kappa shape index (κ1) is 35.3. The molecule has 1 fully saturated rings. The van der Waals surface area contributed by atoms with Gasteiger partial charge in [-0.2, -0.15) is 0 Å². The zero-order valence-corrected chi connectivity index (χ0v) is 26.1. The van der Waals surface area contributed by atoms with Crippen molar-refractivity contribution in [1.29, 1.82) is 0 Å². The molecule has 0 bridgehead atoms. The summed E-state index contributed by atoms with van der Waals surface area (Å²) < 4.78 is 0. The van der Waals surface area contributed by atoms with Gasteiger partial charge in [-0.1, -0.05) is 57.7 Å². The number of aliphatic hydroxyl groups excluding tert-OH is 1. The van der Waals surface area contributed by atoms with Crippen molar-refractivity contribution in [2.75, 3.05) is 38.2 Å². The molecule has 3 rings (SSSR count). The number of amides is 2. The minimum Gasteiger partial charge on any atom is -0.400 e. The summed E-state index contributed by atoms with van der Waals surface area (Å²) in [6.07, 6.45) is 13.0. The first-order chi connectivity index (χ1) is 19.4. The number of unbranched alkanes of at least 4 members (excludes halogenated alkanes) is 2. The number of aromatic nitrogens is 2. The number of hydrogen-bond donors (Lipinski definition) is 2. The number of nitrogens with one attached hydrogen (secondary N) is 1. The Hall–Kier alpha value is -2.71. The molecule has 3 heterocycles. The van der Waals surface area contributed by atoms with Gasteiger partial charge in [0.2, 0.25) is 6.41 Å². The number of aliphatic hydroxyl groups is 1. The van der Waals surface area contributed by atoms with Crippen LogP contribution in [0.4, 0.5) is 5.82 Å². The number of anilines is 1. The third-order valence-electron chi connectivity index (χ3n) is 7.03. The number of pyridine rings is 2. The van der Waals surface area contributed by atoms with Crippen LogP contribution in [0.3, 0.4) is 0 Å². The summed E-state index contributed by atoms with van der Waals surface area (Å²) in [6.45, 7) is 14.0. The topological polar surface area (TPSA) is 98.7 Å². The fraction of sp³-hybridized carbons (Fsp3) is 0.613. The van der Waals surface area contributed by atoms with Crippen molar-refractivity contribution in [3.63, 3.8) is 0 Å². The maximum absolute atomic E-state index is 11.8. The molecule has 2 aromatic rings. The summed E-state index contributed by atoms with van der Waals surface area (Å²) in [5.41, 5.74) is 2.19. The van der Waals surface area contributed by atoms with Gasteiger partial charge in [-0.3, -0.25) is 14.6 Å². The molecule has 1 aliphatic heterocycles. The van der Waals surface area contributed by atoms with E-state index in [2.05, 4.69) is 41.0 Å². The standard InChI is InChI=1S/C19H23ClN4O.C11H23NO.CH4O/c1-3-21-19(25)17-7-6-14(10-22-17)15-9-16(20)18(23-11-15)24-8-4-5-13(2)12-24;1-4-7-8-9-11(5-2)12(6-3)10-13;1-2/h6-7,9-11,13H,3-5,8,12H2,1-2H3,(H,21,25);10-11H,4-9H2,1-3H3;2H,1H3. The zero-order valence-electron chi connectivity index (χ0n) is 25.3. The van der Waals surface area contributed by atoms with Crippen LogP contribution in [0.1, 0.15) is 90.1 Å². The van der Waals surface area contributed by atoms with Gasteiger partial charge < -0.3 is 20.2 Å². The van der Waals surface area contributed by atoms with E-state index < -0.39 is 0 Å². The molecule has 1 aliphatic rings. The molecule has 0 spiro atoms. The fourth-order valence-corrected chi connectivity index (χ4v) is 5.09. The highest BCUT2D eigenvalue weighted by Crippen LogP contribution is 2.31. The first-order valence-electron chi connectivity index (χ1n) is 14.7. The second-order valence-corrected chi connectivity index (χ2v) is 10.4. The van der Waals surface area contributed by atoms with Crippen molar-refractivity contribution in [1.82, 2.24) is 20.2 Å². The average Bonchev–Trinajstić information content (AvgIpc) is 2.98. The average molecular weight is 576 g/mol. The Morgan fingerprint density at radius 1 is 1.18 bits per heavy atom. The van der Waals surface area contributed by atoms with Crippen molar-refractivity contribution in [2.45, 2.75) is 85.6 Å². The number of carbonyl (C=O) groups is 2. The molecule has 8 nitrogen and oxygen atoms in total. The molecule has 0 aromatic carbocycles. The number of nitrogens with zero attached hydrogens (tertiary/aromatic N) is 4. The lowest BCUT2D eigenvalue weighted by atomic mass is 10.0. The fourth-order valence-electron chi connectivity index (χ4n) is 4.81. The molecule has 0 radical (unpaired) electrons. The first-order valence-corrected chi connectivity index (χ1v) is 15.1. The highest BCUT2D eigenvalue weighted by atomic mass is 35.5. The molecule has 2 aromatic heterocycles.